The highest BCUT2D eigenvalue weighted by atomic mass is 16.6. The van der Waals surface area contributed by atoms with Crippen molar-refractivity contribution in [1.29, 1.82) is 0 Å². The van der Waals surface area contributed by atoms with Crippen molar-refractivity contribution in [3.63, 3.8) is 0 Å². The number of ether oxygens (including phenoxy) is 2. The molecule has 1 saturated heterocycles. The second kappa shape index (κ2) is 4.37. The van der Waals surface area contributed by atoms with Crippen LogP contribution in [0.15, 0.2) is 23.8 Å². The minimum absolute atomic E-state index is 0.285. The molecule has 5 nitrogen and oxygen atoms in total. The first-order valence-corrected chi connectivity index (χ1v) is 9.19. The molecule has 1 aliphatic heterocycles. The number of carbonyl (C=O) groups is 2. The van der Waals surface area contributed by atoms with Crippen LogP contribution in [0.3, 0.4) is 0 Å². The van der Waals surface area contributed by atoms with Gasteiger partial charge in [0.15, 0.2) is 0 Å². The molecule has 0 unspecified atom stereocenters. The van der Waals surface area contributed by atoms with Gasteiger partial charge in [-0.1, -0.05) is 18.2 Å². The zero-order chi connectivity index (χ0) is 17.8. The molecule has 7 atom stereocenters. The predicted octanol–water partition coefficient (Wildman–Crippen LogP) is 2.14. The molecule has 3 saturated carbocycles. The Balaban J connectivity index is 1.79. The van der Waals surface area contributed by atoms with E-state index in [1.807, 2.05) is 0 Å². The second-order valence-corrected chi connectivity index (χ2v) is 8.84. The Labute approximate surface area is 147 Å². The predicted molar refractivity (Wildman–Crippen MR) is 88.2 cm³/mol. The molecule has 5 rings (SSSR count). The van der Waals surface area contributed by atoms with E-state index in [1.165, 1.54) is 12.7 Å². The van der Waals surface area contributed by atoms with E-state index >= 15 is 0 Å². The number of hydrogen-bond donors (Lipinski definition) is 1. The summed E-state index contributed by atoms with van der Waals surface area (Å²) in [5, 5.41) is 10.7. The molecule has 0 aromatic heterocycles. The molecule has 4 aliphatic carbocycles. The summed E-state index contributed by atoms with van der Waals surface area (Å²) in [5.74, 6) is -1.09. The highest BCUT2D eigenvalue weighted by Crippen LogP contribution is 2.76. The van der Waals surface area contributed by atoms with Crippen molar-refractivity contribution in [1.82, 2.24) is 0 Å². The number of aliphatic hydroxyl groups is 1. The molecule has 5 heteroatoms. The number of aliphatic hydroxyl groups excluding tert-OH is 1. The summed E-state index contributed by atoms with van der Waals surface area (Å²) < 4.78 is 11.2. The molecule has 1 N–H and O–H groups in total. The van der Waals surface area contributed by atoms with Crippen LogP contribution in [0.25, 0.3) is 0 Å². The van der Waals surface area contributed by atoms with Crippen molar-refractivity contribution in [2.75, 3.05) is 7.11 Å². The van der Waals surface area contributed by atoms with Crippen LogP contribution in [0.4, 0.5) is 0 Å². The maximum absolute atomic E-state index is 13.0. The molecule has 0 amide bonds. The number of carbonyl (C=O) groups excluding carboxylic acids is 2. The zero-order valence-corrected chi connectivity index (χ0v) is 14.7. The Kier molecular flexibility index (Phi) is 2.73. The van der Waals surface area contributed by atoms with E-state index in [0.29, 0.717) is 18.8 Å². The van der Waals surface area contributed by atoms with E-state index in [0.717, 1.165) is 24.8 Å². The second-order valence-electron chi connectivity index (χ2n) is 8.84. The average molecular weight is 344 g/mol. The van der Waals surface area contributed by atoms with Gasteiger partial charge in [-0.3, -0.25) is 9.59 Å². The first-order valence-electron chi connectivity index (χ1n) is 9.19. The fourth-order valence-corrected chi connectivity index (χ4v) is 7.05. The number of rotatable bonds is 1. The first kappa shape index (κ1) is 15.6. The van der Waals surface area contributed by atoms with Crippen molar-refractivity contribution >= 4 is 11.9 Å². The van der Waals surface area contributed by atoms with Gasteiger partial charge in [0.1, 0.15) is 5.60 Å². The number of esters is 2. The molecular weight excluding hydrogens is 320 g/mol. The number of allylic oxidation sites excluding steroid dienone is 2. The standard InChI is InChI=1S/C20H24O5/c1-10-8-19-9-11(10)4-5-12(19)20-7-6-13(21)18(2,17(23)25-20)15(20)14(19)16(22)24-3/h5,11,13-15,21H,1,4,6-9H2,2-3H3/t11-,13+,14-,15-,18-,19+,20-/m1/s1. The number of methoxy groups -OCH3 is 1. The number of hydrogen-bond acceptors (Lipinski definition) is 5. The summed E-state index contributed by atoms with van der Waals surface area (Å²) in [6.07, 6.45) is 5.05. The van der Waals surface area contributed by atoms with Crippen molar-refractivity contribution in [2.45, 2.75) is 50.7 Å². The lowest BCUT2D eigenvalue weighted by Crippen LogP contribution is -2.52. The van der Waals surface area contributed by atoms with Crippen molar-refractivity contribution in [3.05, 3.63) is 23.8 Å². The van der Waals surface area contributed by atoms with Crippen LogP contribution in [-0.4, -0.2) is 35.9 Å². The molecule has 1 spiro atoms. The van der Waals surface area contributed by atoms with Gasteiger partial charge < -0.3 is 14.6 Å². The van der Waals surface area contributed by atoms with Gasteiger partial charge in [0.25, 0.3) is 0 Å². The molecule has 0 radical (unpaired) electrons. The Morgan fingerprint density at radius 3 is 2.96 bits per heavy atom. The van der Waals surface area contributed by atoms with Crippen molar-refractivity contribution in [2.24, 2.45) is 28.6 Å². The topological polar surface area (TPSA) is 72.8 Å². The lowest BCUT2D eigenvalue weighted by Gasteiger charge is -2.42. The van der Waals surface area contributed by atoms with Gasteiger partial charge in [-0.2, -0.15) is 0 Å². The van der Waals surface area contributed by atoms with Crippen LogP contribution in [0, 0.1) is 28.6 Å². The van der Waals surface area contributed by atoms with Gasteiger partial charge in [0.2, 0.25) is 0 Å². The Hall–Kier alpha value is -1.62. The van der Waals surface area contributed by atoms with Crippen LogP contribution in [-0.2, 0) is 19.1 Å². The first-order chi connectivity index (χ1) is 11.8. The van der Waals surface area contributed by atoms with Gasteiger partial charge >= 0.3 is 11.9 Å². The Morgan fingerprint density at radius 1 is 1.48 bits per heavy atom. The SMILES string of the molecule is C=C1C[C@]23C[C@H]1CC=C2[C@@]12CC[C@H](O)[C@@](C)(C(=O)O1)[C@H]2[C@@H]3C(=O)OC. The summed E-state index contributed by atoms with van der Waals surface area (Å²) in [4.78, 5) is 25.8. The summed E-state index contributed by atoms with van der Waals surface area (Å²) >= 11 is 0. The highest BCUT2D eigenvalue weighted by Gasteiger charge is 2.81. The van der Waals surface area contributed by atoms with Gasteiger partial charge in [-0.05, 0) is 50.5 Å². The normalized spacial score (nSPS) is 52.4. The molecule has 0 aromatic carbocycles. The maximum atomic E-state index is 13.0. The van der Waals surface area contributed by atoms with Gasteiger partial charge in [-0.25, -0.2) is 0 Å². The summed E-state index contributed by atoms with van der Waals surface area (Å²) in [6, 6.07) is 0. The lowest BCUT2D eigenvalue weighted by atomic mass is 9.59. The highest BCUT2D eigenvalue weighted by molar-refractivity contribution is 5.87. The van der Waals surface area contributed by atoms with Gasteiger partial charge in [0, 0.05) is 11.3 Å². The molecule has 4 fully saturated rings. The van der Waals surface area contributed by atoms with E-state index < -0.39 is 23.0 Å². The zero-order valence-electron chi connectivity index (χ0n) is 14.7. The van der Waals surface area contributed by atoms with Crippen LogP contribution >= 0.6 is 0 Å². The quantitative estimate of drug-likeness (QED) is 0.583. The fourth-order valence-electron chi connectivity index (χ4n) is 7.05. The third-order valence-corrected chi connectivity index (χ3v) is 8.06. The van der Waals surface area contributed by atoms with E-state index in [4.69, 9.17) is 9.47 Å². The van der Waals surface area contributed by atoms with Crippen LogP contribution in [0.5, 0.6) is 0 Å². The minimum Gasteiger partial charge on any atom is -0.469 e. The van der Waals surface area contributed by atoms with Crippen molar-refractivity contribution in [3.8, 4) is 0 Å². The largest absolute Gasteiger partial charge is 0.469 e. The lowest BCUT2D eigenvalue weighted by molar-refractivity contribution is -0.158. The van der Waals surface area contributed by atoms with Crippen molar-refractivity contribution < 1.29 is 24.2 Å². The van der Waals surface area contributed by atoms with Gasteiger partial charge in [-0.15, -0.1) is 0 Å². The fraction of sp³-hybridized carbons (Fsp3) is 0.700. The minimum atomic E-state index is -1.05. The van der Waals surface area contributed by atoms with E-state index in [9.17, 15) is 14.7 Å². The van der Waals surface area contributed by atoms with Crippen LogP contribution in [0.1, 0.15) is 39.0 Å². The third kappa shape index (κ3) is 1.44. The average Bonchev–Trinajstić information content (AvgIpc) is 3.05. The van der Waals surface area contributed by atoms with Crippen LogP contribution < -0.4 is 0 Å². The van der Waals surface area contributed by atoms with Gasteiger partial charge in [0.05, 0.1) is 24.5 Å². The molecule has 4 bridgehead atoms. The number of fused-ring (bicyclic) bond motifs is 1. The third-order valence-electron chi connectivity index (χ3n) is 8.06. The van der Waals surface area contributed by atoms with E-state index in [1.54, 1.807) is 6.92 Å². The monoisotopic (exact) mass is 344 g/mol. The summed E-state index contributed by atoms with van der Waals surface area (Å²) in [6.45, 7) is 6.03. The van der Waals surface area contributed by atoms with E-state index in [2.05, 4.69) is 12.7 Å². The molecule has 5 aliphatic rings. The molecule has 0 aromatic rings. The molecule has 134 valence electrons. The smallest absolute Gasteiger partial charge is 0.315 e. The molecule has 25 heavy (non-hydrogen) atoms. The summed E-state index contributed by atoms with van der Waals surface area (Å²) in [7, 11) is 1.41. The maximum Gasteiger partial charge on any atom is 0.315 e. The Morgan fingerprint density at radius 2 is 2.24 bits per heavy atom. The molecule has 1 heterocycles. The van der Waals surface area contributed by atoms with E-state index in [-0.39, 0.29) is 23.3 Å². The van der Waals surface area contributed by atoms with Crippen LogP contribution in [0.2, 0.25) is 0 Å². The summed E-state index contributed by atoms with van der Waals surface area (Å²) in [5.41, 5.74) is 0.134. The Bertz CT molecular complexity index is 753. The molecular formula is C20H24O5.